The fourth-order valence-corrected chi connectivity index (χ4v) is 1.53. The van der Waals surface area contributed by atoms with Crippen LogP contribution in [0.5, 0.6) is 5.75 Å². The molecule has 1 aromatic rings. The van der Waals surface area contributed by atoms with E-state index < -0.39 is 5.97 Å². The van der Waals surface area contributed by atoms with E-state index in [1.165, 1.54) is 12.2 Å². The molecule has 4 nitrogen and oxygen atoms in total. The maximum absolute atomic E-state index is 11.4. The highest BCUT2D eigenvalue weighted by Gasteiger charge is 2.07. The van der Waals surface area contributed by atoms with Gasteiger partial charge in [-0.1, -0.05) is 30.4 Å². The standard InChI is InChI=1S/C16H18O4/c1-3-7-15(17)19-12-11-13-9-5-6-10-14(13)20-16(18)8-4-2/h3-10H,11-12H2,1-2H3. The maximum Gasteiger partial charge on any atom is 0.335 e. The molecule has 0 amide bonds. The third-order valence-electron chi connectivity index (χ3n) is 2.40. The van der Waals surface area contributed by atoms with Crippen LogP contribution in [-0.4, -0.2) is 18.5 Å². The van der Waals surface area contributed by atoms with Gasteiger partial charge in [-0.3, -0.25) is 0 Å². The Bertz CT molecular complexity index is 515. The second-order valence-electron chi connectivity index (χ2n) is 3.95. The van der Waals surface area contributed by atoms with Gasteiger partial charge >= 0.3 is 11.9 Å². The lowest BCUT2D eigenvalue weighted by Crippen LogP contribution is -2.08. The van der Waals surface area contributed by atoms with Crippen LogP contribution in [-0.2, 0) is 20.7 Å². The van der Waals surface area contributed by atoms with Gasteiger partial charge in [-0.05, 0) is 25.5 Å². The van der Waals surface area contributed by atoms with Gasteiger partial charge in [-0.2, -0.15) is 0 Å². The van der Waals surface area contributed by atoms with Crippen molar-refractivity contribution in [2.24, 2.45) is 0 Å². The largest absolute Gasteiger partial charge is 0.462 e. The molecule has 0 heterocycles. The van der Waals surface area contributed by atoms with E-state index in [0.717, 1.165) is 5.56 Å². The Kier molecular flexibility index (Phi) is 6.82. The summed E-state index contributed by atoms with van der Waals surface area (Å²) in [7, 11) is 0. The zero-order valence-electron chi connectivity index (χ0n) is 11.7. The SMILES string of the molecule is CC=CC(=O)OCCc1ccccc1OC(=O)C=CC. The molecule has 1 rings (SSSR count). The Hall–Kier alpha value is -2.36. The maximum atomic E-state index is 11.4. The molecule has 0 radical (unpaired) electrons. The Morgan fingerprint density at radius 1 is 1.05 bits per heavy atom. The van der Waals surface area contributed by atoms with Gasteiger partial charge in [0.1, 0.15) is 5.75 Å². The molecule has 0 saturated carbocycles. The zero-order valence-corrected chi connectivity index (χ0v) is 11.7. The summed E-state index contributed by atoms with van der Waals surface area (Å²) in [6.45, 7) is 3.73. The van der Waals surface area contributed by atoms with Gasteiger partial charge in [0.2, 0.25) is 0 Å². The van der Waals surface area contributed by atoms with Crippen molar-refractivity contribution >= 4 is 11.9 Å². The third-order valence-corrected chi connectivity index (χ3v) is 2.40. The minimum Gasteiger partial charge on any atom is -0.462 e. The average Bonchev–Trinajstić information content (AvgIpc) is 2.41. The minimum absolute atomic E-state index is 0.237. The normalized spacial score (nSPS) is 10.9. The number of benzene rings is 1. The number of para-hydroxylation sites is 1. The zero-order chi connectivity index (χ0) is 14.8. The summed E-state index contributed by atoms with van der Waals surface area (Å²) in [5, 5.41) is 0. The fraction of sp³-hybridized carbons (Fsp3) is 0.250. The topological polar surface area (TPSA) is 52.6 Å². The van der Waals surface area contributed by atoms with E-state index in [2.05, 4.69) is 0 Å². The van der Waals surface area contributed by atoms with Gasteiger partial charge in [0.15, 0.2) is 0 Å². The van der Waals surface area contributed by atoms with Crippen LogP contribution in [0, 0.1) is 0 Å². The van der Waals surface area contributed by atoms with Crippen LogP contribution in [0.15, 0.2) is 48.6 Å². The molecule has 0 unspecified atom stereocenters. The van der Waals surface area contributed by atoms with Gasteiger partial charge in [-0.15, -0.1) is 0 Å². The number of allylic oxidation sites excluding steroid dienone is 2. The predicted molar refractivity (Wildman–Crippen MR) is 76.4 cm³/mol. The molecular weight excluding hydrogens is 256 g/mol. The summed E-state index contributed by atoms with van der Waals surface area (Å²) in [4.78, 5) is 22.6. The van der Waals surface area contributed by atoms with Crippen LogP contribution < -0.4 is 4.74 Å². The highest BCUT2D eigenvalue weighted by Crippen LogP contribution is 2.18. The first-order valence-corrected chi connectivity index (χ1v) is 6.39. The average molecular weight is 274 g/mol. The van der Waals surface area contributed by atoms with E-state index in [1.807, 2.05) is 12.1 Å². The van der Waals surface area contributed by atoms with Crippen molar-refractivity contribution in [3.63, 3.8) is 0 Å². The lowest BCUT2D eigenvalue weighted by atomic mass is 10.1. The van der Waals surface area contributed by atoms with Crippen LogP contribution in [0.25, 0.3) is 0 Å². The first-order chi connectivity index (χ1) is 9.67. The molecule has 0 N–H and O–H groups in total. The van der Waals surface area contributed by atoms with Crippen LogP contribution in [0.3, 0.4) is 0 Å². The molecule has 0 bridgehead atoms. The number of carbonyl (C=O) groups excluding carboxylic acids is 2. The molecule has 20 heavy (non-hydrogen) atoms. The third kappa shape index (κ3) is 5.52. The number of ether oxygens (including phenoxy) is 2. The Balaban J connectivity index is 2.61. The molecule has 0 aliphatic rings. The van der Waals surface area contributed by atoms with Gasteiger partial charge in [-0.25, -0.2) is 9.59 Å². The van der Waals surface area contributed by atoms with Crippen LogP contribution >= 0.6 is 0 Å². The molecule has 0 fully saturated rings. The number of hydrogen-bond acceptors (Lipinski definition) is 4. The second-order valence-corrected chi connectivity index (χ2v) is 3.95. The summed E-state index contributed by atoms with van der Waals surface area (Å²) < 4.78 is 10.2. The summed E-state index contributed by atoms with van der Waals surface area (Å²) >= 11 is 0. The molecule has 0 aliphatic heterocycles. The molecule has 0 aliphatic carbocycles. The molecule has 0 spiro atoms. The first kappa shape index (κ1) is 15.7. The highest BCUT2D eigenvalue weighted by atomic mass is 16.5. The van der Waals surface area contributed by atoms with Crippen LogP contribution in [0.2, 0.25) is 0 Å². The fourth-order valence-electron chi connectivity index (χ4n) is 1.53. The van der Waals surface area contributed by atoms with Gasteiger partial charge < -0.3 is 9.47 Å². The molecule has 0 saturated heterocycles. The molecule has 1 aromatic carbocycles. The molecule has 0 atom stereocenters. The predicted octanol–water partition coefficient (Wildman–Crippen LogP) is 2.83. The first-order valence-electron chi connectivity index (χ1n) is 6.39. The van der Waals surface area contributed by atoms with Crippen molar-refractivity contribution in [3.8, 4) is 5.75 Å². The summed E-state index contributed by atoms with van der Waals surface area (Å²) in [5.74, 6) is -0.320. The monoisotopic (exact) mass is 274 g/mol. The van der Waals surface area contributed by atoms with E-state index in [1.54, 1.807) is 38.1 Å². The summed E-state index contributed by atoms with van der Waals surface area (Å²) in [5.41, 5.74) is 0.818. The van der Waals surface area contributed by atoms with Crippen molar-refractivity contribution in [3.05, 3.63) is 54.1 Å². The van der Waals surface area contributed by atoms with E-state index in [4.69, 9.17) is 9.47 Å². The van der Waals surface area contributed by atoms with Crippen LogP contribution in [0.4, 0.5) is 0 Å². The number of hydrogen-bond donors (Lipinski definition) is 0. The Labute approximate surface area is 118 Å². The van der Waals surface area contributed by atoms with E-state index in [9.17, 15) is 9.59 Å². The van der Waals surface area contributed by atoms with Crippen molar-refractivity contribution in [1.29, 1.82) is 0 Å². The lowest BCUT2D eigenvalue weighted by molar-refractivity contribution is -0.137. The number of esters is 2. The minimum atomic E-state index is -0.425. The van der Waals surface area contributed by atoms with Crippen molar-refractivity contribution in [1.82, 2.24) is 0 Å². The molecule has 4 heteroatoms. The highest BCUT2D eigenvalue weighted by molar-refractivity contribution is 5.84. The second kappa shape index (κ2) is 8.69. The smallest absolute Gasteiger partial charge is 0.335 e. The Morgan fingerprint density at radius 2 is 1.70 bits per heavy atom. The van der Waals surface area contributed by atoms with Crippen molar-refractivity contribution in [2.75, 3.05) is 6.61 Å². The van der Waals surface area contributed by atoms with E-state index >= 15 is 0 Å². The van der Waals surface area contributed by atoms with E-state index in [0.29, 0.717) is 12.2 Å². The van der Waals surface area contributed by atoms with Crippen molar-refractivity contribution in [2.45, 2.75) is 20.3 Å². The lowest BCUT2D eigenvalue weighted by Gasteiger charge is -2.08. The summed E-state index contributed by atoms with van der Waals surface area (Å²) in [6, 6.07) is 7.18. The van der Waals surface area contributed by atoms with Gasteiger partial charge in [0.05, 0.1) is 6.61 Å². The van der Waals surface area contributed by atoms with Gasteiger partial charge in [0.25, 0.3) is 0 Å². The van der Waals surface area contributed by atoms with E-state index in [-0.39, 0.29) is 12.6 Å². The Morgan fingerprint density at radius 3 is 2.40 bits per heavy atom. The summed E-state index contributed by atoms with van der Waals surface area (Å²) in [6.07, 6.45) is 6.43. The van der Waals surface area contributed by atoms with Crippen LogP contribution in [0.1, 0.15) is 19.4 Å². The quantitative estimate of drug-likeness (QED) is 0.455. The molecule has 106 valence electrons. The van der Waals surface area contributed by atoms with Gasteiger partial charge in [0, 0.05) is 18.6 Å². The number of rotatable bonds is 6. The van der Waals surface area contributed by atoms with Crippen molar-refractivity contribution < 1.29 is 19.1 Å². The molecular formula is C16H18O4. The number of carbonyl (C=O) groups is 2. The molecule has 0 aromatic heterocycles.